The second-order valence-electron chi connectivity index (χ2n) is 7.51. The van der Waals surface area contributed by atoms with Crippen molar-refractivity contribution in [3.8, 4) is 5.75 Å². The summed E-state index contributed by atoms with van der Waals surface area (Å²) >= 11 is 3.21. The zero-order valence-electron chi connectivity index (χ0n) is 15.9. The van der Waals surface area contributed by atoms with Gasteiger partial charge in [-0.2, -0.15) is 0 Å². The van der Waals surface area contributed by atoms with Crippen LogP contribution in [0.5, 0.6) is 5.75 Å². The molecule has 0 bridgehead atoms. The number of halogens is 2. The Morgan fingerprint density at radius 2 is 1.59 bits per heavy atom. The summed E-state index contributed by atoms with van der Waals surface area (Å²) in [7, 11) is 0. The van der Waals surface area contributed by atoms with Crippen molar-refractivity contribution in [1.29, 1.82) is 0 Å². The van der Waals surface area contributed by atoms with E-state index in [2.05, 4.69) is 20.8 Å². The van der Waals surface area contributed by atoms with Gasteiger partial charge in [0.05, 0.1) is 0 Å². The molecule has 2 N–H and O–H groups in total. The maximum atomic E-state index is 14.6. The van der Waals surface area contributed by atoms with Gasteiger partial charge in [0, 0.05) is 22.6 Å². The lowest BCUT2D eigenvalue weighted by atomic mass is 9.79. The van der Waals surface area contributed by atoms with Gasteiger partial charge >= 0.3 is 0 Å². The van der Waals surface area contributed by atoms with Crippen molar-refractivity contribution in [2.45, 2.75) is 31.0 Å². The maximum Gasteiger partial charge on any atom is 0.132 e. The van der Waals surface area contributed by atoms with Gasteiger partial charge in [-0.15, -0.1) is 0 Å². The van der Waals surface area contributed by atoms with Crippen LogP contribution in [0.25, 0.3) is 0 Å². The van der Waals surface area contributed by atoms with Crippen LogP contribution in [0.1, 0.15) is 29.5 Å². The highest BCUT2D eigenvalue weighted by molar-refractivity contribution is 9.10. The molecule has 150 valence electrons. The number of nitrogens with zero attached hydrogens (tertiary/aromatic N) is 1. The van der Waals surface area contributed by atoms with E-state index in [0.717, 1.165) is 30.5 Å². The van der Waals surface area contributed by atoms with Crippen LogP contribution in [0.3, 0.4) is 0 Å². The van der Waals surface area contributed by atoms with Crippen LogP contribution >= 0.6 is 15.9 Å². The molecule has 5 heteroatoms. The quantitative estimate of drug-likeness (QED) is 0.555. The fourth-order valence-corrected chi connectivity index (χ4v) is 4.79. The van der Waals surface area contributed by atoms with E-state index in [1.54, 1.807) is 0 Å². The lowest BCUT2D eigenvalue weighted by Crippen LogP contribution is -2.48. The Morgan fingerprint density at radius 1 is 1.00 bits per heavy atom. The van der Waals surface area contributed by atoms with Crippen molar-refractivity contribution in [2.24, 2.45) is 0 Å². The summed E-state index contributed by atoms with van der Waals surface area (Å²) < 4.78 is 15.1. The van der Waals surface area contributed by atoms with Crippen LogP contribution in [-0.4, -0.2) is 27.7 Å². The molecule has 1 heterocycles. The van der Waals surface area contributed by atoms with Gasteiger partial charge in [-0.3, -0.25) is 4.90 Å². The van der Waals surface area contributed by atoms with Gasteiger partial charge in [0.25, 0.3) is 0 Å². The molecule has 1 aliphatic heterocycles. The molecule has 0 aliphatic carbocycles. The van der Waals surface area contributed by atoms with E-state index in [4.69, 9.17) is 0 Å². The van der Waals surface area contributed by atoms with Gasteiger partial charge in [0.2, 0.25) is 0 Å². The first-order valence-electron chi connectivity index (χ1n) is 9.74. The second-order valence-corrected chi connectivity index (χ2v) is 8.43. The molecule has 0 saturated carbocycles. The highest BCUT2D eigenvalue weighted by Crippen LogP contribution is 2.41. The predicted molar refractivity (Wildman–Crippen MR) is 115 cm³/mol. The number of aliphatic hydroxyl groups is 1. The number of hydrogen-bond donors (Lipinski definition) is 2. The van der Waals surface area contributed by atoms with Crippen LogP contribution in [0.2, 0.25) is 0 Å². The Morgan fingerprint density at radius 3 is 2.14 bits per heavy atom. The average molecular weight is 456 g/mol. The average Bonchev–Trinajstić information content (AvgIpc) is 3.20. The minimum atomic E-state index is -1.24. The minimum Gasteiger partial charge on any atom is -0.507 e. The van der Waals surface area contributed by atoms with Gasteiger partial charge in [0.15, 0.2) is 0 Å². The molecule has 3 aromatic rings. The van der Waals surface area contributed by atoms with E-state index in [1.807, 2.05) is 60.7 Å². The van der Waals surface area contributed by atoms with Crippen molar-refractivity contribution in [3.05, 3.63) is 99.8 Å². The Bertz CT molecular complexity index is 918. The first-order chi connectivity index (χ1) is 14.0. The summed E-state index contributed by atoms with van der Waals surface area (Å²) in [4.78, 5) is 2.08. The summed E-state index contributed by atoms with van der Waals surface area (Å²) in [6, 6.07) is 21.9. The summed E-state index contributed by atoms with van der Waals surface area (Å²) in [5, 5.41) is 22.4. The third-order valence-corrected chi connectivity index (χ3v) is 6.23. The molecule has 3 nitrogen and oxygen atoms in total. The number of likely N-dealkylation sites (tertiary alicyclic amines) is 1. The Kier molecular flexibility index (Phi) is 5.72. The predicted octanol–water partition coefficient (Wildman–Crippen LogP) is 5.19. The Hall–Kier alpha value is -2.21. The molecular weight excluding hydrogens is 433 g/mol. The van der Waals surface area contributed by atoms with Crippen molar-refractivity contribution in [1.82, 2.24) is 4.90 Å². The smallest absolute Gasteiger partial charge is 0.132 e. The van der Waals surface area contributed by atoms with Crippen molar-refractivity contribution >= 4 is 15.9 Å². The van der Waals surface area contributed by atoms with Crippen LogP contribution in [0.4, 0.5) is 4.39 Å². The topological polar surface area (TPSA) is 43.7 Å². The molecular formula is C24H23BrFNO2. The van der Waals surface area contributed by atoms with Gasteiger partial charge < -0.3 is 10.2 Å². The van der Waals surface area contributed by atoms with Gasteiger partial charge in [-0.05, 0) is 42.6 Å². The number of phenolic OH excluding ortho intramolecular Hbond substituents is 1. The van der Waals surface area contributed by atoms with Crippen molar-refractivity contribution in [3.63, 3.8) is 0 Å². The highest BCUT2D eigenvalue weighted by Gasteiger charge is 2.45. The number of benzene rings is 3. The molecule has 0 spiro atoms. The molecule has 4 rings (SSSR count). The molecule has 0 amide bonds. The molecule has 1 aliphatic rings. The van der Waals surface area contributed by atoms with E-state index < -0.39 is 11.4 Å². The van der Waals surface area contributed by atoms with Crippen molar-refractivity contribution in [2.75, 3.05) is 6.54 Å². The zero-order chi connectivity index (χ0) is 20.4. The molecule has 1 atom stereocenters. The second kappa shape index (κ2) is 8.27. The highest BCUT2D eigenvalue weighted by atomic mass is 79.9. The first kappa shape index (κ1) is 20.1. The molecule has 1 saturated heterocycles. The van der Waals surface area contributed by atoms with E-state index in [0.29, 0.717) is 4.47 Å². The maximum absolute atomic E-state index is 14.6. The summed E-state index contributed by atoms with van der Waals surface area (Å²) in [6.07, 6.45) is 1.67. The summed E-state index contributed by atoms with van der Waals surface area (Å²) in [6.45, 7) is 0.958. The van der Waals surface area contributed by atoms with Crippen LogP contribution in [-0.2, 0) is 12.1 Å². The van der Waals surface area contributed by atoms with Crippen LogP contribution in [0.15, 0.2) is 77.3 Å². The molecule has 0 radical (unpaired) electrons. The number of hydrogen-bond acceptors (Lipinski definition) is 3. The van der Waals surface area contributed by atoms with Crippen molar-refractivity contribution < 1.29 is 14.6 Å². The summed E-state index contributed by atoms with van der Waals surface area (Å²) in [5.74, 6) is -0.532. The Balaban J connectivity index is 1.75. The Labute approximate surface area is 178 Å². The lowest BCUT2D eigenvalue weighted by molar-refractivity contribution is -0.00703. The van der Waals surface area contributed by atoms with Crippen LogP contribution in [0, 0.1) is 5.82 Å². The van der Waals surface area contributed by atoms with E-state index in [-0.39, 0.29) is 23.9 Å². The zero-order valence-corrected chi connectivity index (χ0v) is 17.5. The van der Waals surface area contributed by atoms with Crippen LogP contribution < -0.4 is 0 Å². The lowest BCUT2D eigenvalue weighted by Gasteiger charge is -2.40. The van der Waals surface area contributed by atoms with Gasteiger partial charge in [-0.25, -0.2) is 4.39 Å². The molecule has 0 unspecified atom stereocenters. The molecule has 0 aromatic heterocycles. The monoisotopic (exact) mass is 455 g/mol. The van der Waals surface area contributed by atoms with E-state index in [9.17, 15) is 14.6 Å². The number of phenols is 1. The van der Waals surface area contributed by atoms with Gasteiger partial charge in [0.1, 0.15) is 17.2 Å². The number of rotatable bonds is 5. The van der Waals surface area contributed by atoms with E-state index in [1.165, 1.54) is 12.1 Å². The third kappa shape index (κ3) is 3.82. The molecule has 1 fully saturated rings. The standard InChI is InChI=1S/C24H23BrFNO2/c25-19-14-21(26)20(22(28)15-19)16-27-13-7-12-23(27)24(29,17-8-3-1-4-9-17)18-10-5-2-6-11-18/h1-6,8-11,14-15,23,28-29H,7,12-13,16H2/t23-/m0/s1. The van der Waals surface area contributed by atoms with E-state index >= 15 is 0 Å². The molecule has 3 aromatic carbocycles. The third-order valence-electron chi connectivity index (χ3n) is 5.77. The summed E-state index contributed by atoms with van der Waals surface area (Å²) in [5.41, 5.74) is 0.635. The normalized spacial score (nSPS) is 17.6. The first-order valence-corrected chi connectivity index (χ1v) is 10.5. The fourth-order valence-electron chi connectivity index (χ4n) is 4.37. The molecule has 29 heavy (non-hydrogen) atoms. The van der Waals surface area contributed by atoms with Gasteiger partial charge in [-0.1, -0.05) is 76.6 Å². The number of aromatic hydroxyl groups is 1. The SMILES string of the molecule is Oc1cc(Br)cc(F)c1CN1CCC[C@H]1C(O)(c1ccccc1)c1ccccc1. The fraction of sp³-hybridized carbons (Fsp3) is 0.250. The largest absolute Gasteiger partial charge is 0.507 e. The minimum absolute atomic E-state index is 0.0783.